The molecule has 0 aliphatic carbocycles. The molecule has 0 aromatic heterocycles. The number of rotatable bonds is 6. The van der Waals surface area contributed by atoms with Crippen LogP contribution in [-0.4, -0.2) is 26.9 Å². The van der Waals surface area contributed by atoms with Gasteiger partial charge in [-0.3, -0.25) is 0 Å². The minimum absolute atomic E-state index is 0.677. The first kappa shape index (κ1) is 9.66. The van der Waals surface area contributed by atoms with Crippen LogP contribution in [0.25, 0.3) is 0 Å². The molecule has 10 heavy (non-hydrogen) atoms. The second-order valence-electron chi connectivity index (χ2n) is 2.31. The SMILES string of the molecule is C=C(C)CCOCCOC. The van der Waals surface area contributed by atoms with E-state index >= 15 is 0 Å². The molecule has 0 fully saturated rings. The van der Waals surface area contributed by atoms with Crippen molar-refractivity contribution in [3.05, 3.63) is 12.2 Å². The zero-order valence-corrected chi connectivity index (χ0v) is 6.85. The largest absolute Gasteiger partial charge is 0.382 e. The van der Waals surface area contributed by atoms with E-state index in [0.717, 1.165) is 18.6 Å². The molecule has 0 aliphatic heterocycles. The maximum Gasteiger partial charge on any atom is 0.0700 e. The maximum atomic E-state index is 5.20. The summed E-state index contributed by atoms with van der Waals surface area (Å²) in [6.45, 7) is 7.89. The molecule has 2 heteroatoms. The highest BCUT2D eigenvalue weighted by molar-refractivity contribution is 4.86. The molecule has 0 saturated heterocycles. The van der Waals surface area contributed by atoms with Gasteiger partial charge in [0.2, 0.25) is 0 Å². The lowest BCUT2D eigenvalue weighted by Gasteiger charge is -2.01. The Balaban J connectivity index is 2.84. The smallest absolute Gasteiger partial charge is 0.0700 e. The summed E-state index contributed by atoms with van der Waals surface area (Å²) in [6.07, 6.45) is 0.948. The summed E-state index contributed by atoms with van der Waals surface area (Å²) < 4.78 is 10.0. The van der Waals surface area contributed by atoms with Gasteiger partial charge in [-0.2, -0.15) is 0 Å². The lowest BCUT2D eigenvalue weighted by Crippen LogP contribution is -2.02. The van der Waals surface area contributed by atoms with Crippen LogP contribution in [0.15, 0.2) is 12.2 Å². The van der Waals surface area contributed by atoms with Crippen molar-refractivity contribution in [2.45, 2.75) is 13.3 Å². The molecule has 0 radical (unpaired) electrons. The molecule has 0 heterocycles. The Labute approximate surface area is 62.8 Å². The van der Waals surface area contributed by atoms with E-state index in [2.05, 4.69) is 6.58 Å². The van der Waals surface area contributed by atoms with E-state index in [1.54, 1.807) is 7.11 Å². The van der Waals surface area contributed by atoms with Crippen LogP contribution in [0.4, 0.5) is 0 Å². The van der Waals surface area contributed by atoms with E-state index in [1.807, 2.05) is 6.92 Å². The van der Waals surface area contributed by atoms with Gasteiger partial charge in [0.05, 0.1) is 19.8 Å². The Morgan fingerprint density at radius 2 is 2.00 bits per heavy atom. The third-order valence-corrected chi connectivity index (χ3v) is 1.10. The summed E-state index contributed by atoms with van der Waals surface area (Å²) >= 11 is 0. The Hall–Kier alpha value is -0.340. The molecule has 60 valence electrons. The molecular formula is C8H16O2. The fraction of sp³-hybridized carbons (Fsp3) is 0.750. The zero-order chi connectivity index (χ0) is 7.82. The van der Waals surface area contributed by atoms with E-state index in [4.69, 9.17) is 9.47 Å². The van der Waals surface area contributed by atoms with Gasteiger partial charge >= 0.3 is 0 Å². The lowest BCUT2D eigenvalue weighted by atomic mass is 10.3. The van der Waals surface area contributed by atoms with Gasteiger partial charge in [0.1, 0.15) is 0 Å². The minimum atomic E-state index is 0.677. The van der Waals surface area contributed by atoms with Crippen LogP contribution < -0.4 is 0 Å². The van der Waals surface area contributed by atoms with Gasteiger partial charge in [-0.25, -0.2) is 0 Å². The van der Waals surface area contributed by atoms with Crippen molar-refractivity contribution >= 4 is 0 Å². The van der Waals surface area contributed by atoms with Crippen LogP contribution in [0.2, 0.25) is 0 Å². The standard InChI is InChI=1S/C8H16O2/c1-8(2)4-5-10-7-6-9-3/h1,4-7H2,2-3H3. The fourth-order valence-electron chi connectivity index (χ4n) is 0.491. The molecule has 0 unspecified atom stereocenters. The molecule has 0 saturated carbocycles. The van der Waals surface area contributed by atoms with Crippen LogP contribution in [0, 0.1) is 0 Å². The highest BCUT2D eigenvalue weighted by Crippen LogP contribution is 1.94. The number of methoxy groups -OCH3 is 1. The summed E-state index contributed by atoms with van der Waals surface area (Å²) in [5.74, 6) is 0. The van der Waals surface area contributed by atoms with E-state index in [9.17, 15) is 0 Å². The molecule has 2 nitrogen and oxygen atoms in total. The number of hydrogen-bond donors (Lipinski definition) is 0. The summed E-state index contributed by atoms with van der Waals surface area (Å²) in [4.78, 5) is 0. The van der Waals surface area contributed by atoms with Gasteiger partial charge in [0, 0.05) is 7.11 Å². The number of ether oxygens (including phenoxy) is 2. The Bertz CT molecular complexity index is 89.3. The average molecular weight is 144 g/mol. The predicted octanol–water partition coefficient (Wildman–Crippen LogP) is 1.62. The molecular weight excluding hydrogens is 128 g/mol. The summed E-state index contributed by atoms with van der Waals surface area (Å²) in [7, 11) is 1.67. The molecule has 0 spiro atoms. The van der Waals surface area contributed by atoms with Crippen molar-refractivity contribution in [2.75, 3.05) is 26.9 Å². The second kappa shape index (κ2) is 6.78. The average Bonchev–Trinajstić information content (AvgIpc) is 1.87. The lowest BCUT2D eigenvalue weighted by molar-refractivity contribution is 0.0723. The highest BCUT2D eigenvalue weighted by Gasteiger charge is 1.87. The molecule has 0 aliphatic rings. The normalized spacial score (nSPS) is 9.80. The van der Waals surface area contributed by atoms with E-state index in [1.165, 1.54) is 0 Å². The first-order valence-corrected chi connectivity index (χ1v) is 3.48. The van der Waals surface area contributed by atoms with Gasteiger partial charge in [-0.1, -0.05) is 5.57 Å². The summed E-state index contributed by atoms with van der Waals surface area (Å²) in [6, 6.07) is 0. The van der Waals surface area contributed by atoms with Gasteiger partial charge in [0.25, 0.3) is 0 Å². The monoisotopic (exact) mass is 144 g/mol. The summed E-state index contributed by atoms with van der Waals surface area (Å²) in [5, 5.41) is 0. The summed E-state index contributed by atoms with van der Waals surface area (Å²) in [5.41, 5.74) is 1.16. The quantitative estimate of drug-likeness (QED) is 0.416. The van der Waals surface area contributed by atoms with Gasteiger partial charge < -0.3 is 9.47 Å². The van der Waals surface area contributed by atoms with E-state index < -0.39 is 0 Å². The van der Waals surface area contributed by atoms with Crippen LogP contribution in [-0.2, 0) is 9.47 Å². The third kappa shape index (κ3) is 7.66. The molecule has 0 rings (SSSR count). The first-order valence-electron chi connectivity index (χ1n) is 3.48. The van der Waals surface area contributed by atoms with Crippen molar-refractivity contribution in [1.82, 2.24) is 0 Å². The second-order valence-corrected chi connectivity index (χ2v) is 2.31. The minimum Gasteiger partial charge on any atom is -0.382 e. The van der Waals surface area contributed by atoms with E-state index in [-0.39, 0.29) is 0 Å². The van der Waals surface area contributed by atoms with E-state index in [0.29, 0.717) is 13.2 Å². The van der Waals surface area contributed by atoms with Crippen molar-refractivity contribution in [1.29, 1.82) is 0 Å². The fourth-order valence-corrected chi connectivity index (χ4v) is 0.491. The Morgan fingerprint density at radius 3 is 2.50 bits per heavy atom. The van der Waals surface area contributed by atoms with Crippen LogP contribution in [0.5, 0.6) is 0 Å². The Morgan fingerprint density at radius 1 is 1.30 bits per heavy atom. The van der Waals surface area contributed by atoms with Crippen LogP contribution >= 0.6 is 0 Å². The van der Waals surface area contributed by atoms with Gasteiger partial charge in [-0.15, -0.1) is 6.58 Å². The molecule has 0 bridgehead atoms. The van der Waals surface area contributed by atoms with Crippen LogP contribution in [0.3, 0.4) is 0 Å². The van der Waals surface area contributed by atoms with Crippen molar-refractivity contribution in [3.8, 4) is 0 Å². The topological polar surface area (TPSA) is 18.5 Å². The molecule has 0 amide bonds. The van der Waals surface area contributed by atoms with Crippen molar-refractivity contribution in [2.24, 2.45) is 0 Å². The molecule has 0 N–H and O–H groups in total. The molecule has 0 aromatic carbocycles. The first-order chi connectivity index (χ1) is 4.77. The van der Waals surface area contributed by atoms with Crippen molar-refractivity contribution in [3.63, 3.8) is 0 Å². The molecule has 0 aromatic rings. The Kier molecular flexibility index (Phi) is 6.55. The van der Waals surface area contributed by atoms with Crippen LogP contribution in [0.1, 0.15) is 13.3 Å². The van der Waals surface area contributed by atoms with Gasteiger partial charge in [0.15, 0.2) is 0 Å². The van der Waals surface area contributed by atoms with Crippen molar-refractivity contribution < 1.29 is 9.47 Å². The van der Waals surface area contributed by atoms with Gasteiger partial charge in [-0.05, 0) is 13.3 Å². The number of hydrogen-bond acceptors (Lipinski definition) is 2. The molecule has 0 atom stereocenters. The zero-order valence-electron chi connectivity index (χ0n) is 6.85. The predicted molar refractivity (Wildman–Crippen MR) is 42.1 cm³/mol. The highest BCUT2D eigenvalue weighted by atomic mass is 16.5. The third-order valence-electron chi connectivity index (χ3n) is 1.10. The maximum absolute atomic E-state index is 5.20.